The molecule has 1 aromatic rings. The number of aromatic nitrogens is 2. The number of nitrogens with zero attached hydrogens (tertiary/aromatic N) is 2. The van der Waals surface area contributed by atoms with Gasteiger partial charge in [-0.1, -0.05) is 0 Å². The molecule has 1 aromatic heterocycles. The molecule has 6 heteroatoms. The SMILES string of the molecule is Cc1nn(C)c(C)c1CC(N)CCCC(F)(F)F. The summed E-state index contributed by atoms with van der Waals surface area (Å²) in [6, 6.07) is -0.242. The Bertz CT molecular complexity index is 396. The van der Waals surface area contributed by atoms with Crippen LogP contribution in [0, 0.1) is 13.8 Å². The summed E-state index contributed by atoms with van der Waals surface area (Å²) in [5.41, 5.74) is 8.86. The molecule has 0 aromatic carbocycles. The van der Waals surface area contributed by atoms with Crippen LogP contribution in [-0.2, 0) is 13.5 Å². The van der Waals surface area contributed by atoms with E-state index in [2.05, 4.69) is 5.10 Å². The zero-order valence-corrected chi connectivity index (χ0v) is 11.0. The lowest BCUT2D eigenvalue weighted by Gasteiger charge is -2.12. The first-order valence-electron chi connectivity index (χ1n) is 6.02. The third-order valence-corrected chi connectivity index (χ3v) is 3.16. The molecular formula is C12H20F3N3. The molecule has 3 nitrogen and oxygen atoms in total. The summed E-state index contributed by atoms with van der Waals surface area (Å²) in [5.74, 6) is 0. The molecule has 104 valence electrons. The molecule has 0 aliphatic rings. The molecule has 1 rings (SSSR count). The van der Waals surface area contributed by atoms with Gasteiger partial charge in [-0.05, 0) is 38.7 Å². The van der Waals surface area contributed by atoms with Gasteiger partial charge in [0.1, 0.15) is 0 Å². The number of alkyl halides is 3. The van der Waals surface area contributed by atoms with E-state index in [4.69, 9.17) is 5.73 Å². The van der Waals surface area contributed by atoms with Crippen LogP contribution < -0.4 is 5.73 Å². The fourth-order valence-electron chi connectivity index (χ4n) is 2.04. The van der Waals surface area contributed by atoms with Gasteiger partial charge in [-0.3, -0.25) is 4.68 Å². The average molecular weight is 263 g/mol. The van der Waals surface area contributed by atoms with Gasteiger partial charge in [0.15, 0.2) is 0 Å². The molecule has 1 heterocycles. The van der Waals surface area contributed by atoms with E-state index in [0.29, 0.717) is 12.8 Å². The lowest BCUT2D eigenvalue weighted by molar-refractivity contribution is -0.135. The van der Waals surface area contributed by atoms with Crippen LogP contribution in [0.5, 0.6) is 0 Å². The molecule has 1 unspecified atom stereocenters. The molecule has 0 fully saturated rings. The van der Waals surface area contributed by atoms with E-state index in [9.17, 15) is 13.2 Å². The monoisotopic (exact) mass is 263 g/mol. The Morgan fingerprint density at radius 3 is 2.39 bits per heavy atom. The first-order valence-corrected chi connectivity index (χ1v) is 6.02. The summed E-state index contributed by atoms with van der Waals surface area (Å²) >= 11 is 0. The van der Waals surface area contributed by atoms with Crippen LogP contribution in [0.15, 0.2) is 0 Å². The van der Waals surface area contributed by atoms with Crippen molar-refractivity contribution in [3.63, 3.8) is 0 Å². The van der Waals surface area contributed by atoms with Gasteiger partial charge < -0.3 is 5.73 Å². The largest absolute Gasteiger partial charge is 0.389 e. The fraction of sp³-hybridized carbons (Fsp3) is 0.750. The maximum atomic E-state index is 12.0. The Labute approximate surface area is 105 Å². The maximum Gasteiger partial charge on any atom is 0.389 e. The van der Waals surface area contributed by atoms with Gasteiger partial charge in [0.25, 0.3) is 0 Å². The molecule has 0 saturated carbocycles. The molecule has 0 radical (unpaired) electrons. The quantitative estimate of drug-likeness (QED) is 0.887. The summed E-state index contributed by atoms with van der Waals surface area (Å²) < 4.78 is 37.8. The Hall–Kier alpha value is -1.04. The van der Waals surface area contributed by atoms with Crippen molar-refractivity contribution in [2.24, 2.45) is 12.8 Å². The van der Waals surface area contributed by atoms with Crippen molar-refractivity contribution in [2.75, 3.05) is 0 Å². The zero-order valence-electron chi connectivity index (χ0n) is 11.0. The van der Waals surface area contributed by atoms with E-state index in [1.165, 1.54) is 0 Å². The van der Waals surface area contributed by atoms with E-state index < -0.39 is 12.6 Å². The normalized spacial score (nSPS) is 13.9. The highest BCUT2D eigenvalue weighted by Gasteiger charge is 2.26. The van der Waals surface area contributed by atoms with Crippen molar-refractivity contribution in [2.45, 2.75) is 51.7 Å². The summed E-state index contributed by atoms with van der Waals surface area (Å²) in [4.78, 5) is 0. The number of rotatable bonds is 5. The zero-order chi connectivity index (χ0) is 13.9. The fourth-order valence-corrected chi connectivity index (χ4v) is 2.04. The molecule has 0 amide bonds. The Morgan fingerprint density at radius 2 is 1.94 bits per heavy atom. The van der Waals surface area contributed by atoms with Gasteiger partial charge in [-0.25, -0.2) is 0 Å². The molecular weight excluding hydrogens is 243 g/mol. The number of aryl methyl sites for hydroxylation is 2. The second-order valence-electron chi connectivity index (χ2n) is 4.74. The molecule has 0 aliphatic heterocycles. The molecule has 0 spiro atoms. The van der Waals surface area contributed by atoms with Crippen molar-refractivity contribution in [1.29, 1.82) is 0 Å². The first-order chi connectivity index (χ1) is 8.20. The topological polar surface area (TPSA) is 43.8 Å². The molecule has 2 N–H and O–H groups in total. The third-order valence-electron chi connectivity index (χ3n) is 3.16. The van der Waals surface area contributed by atoms with Crippen molar-refractivity contribution >= 4 is 0 Å². The van der Waals surface area contributed by atoms with Crippen molar-refractivity contribution in [3.8, 4) is 0 Å². The number of halogens is 3. The summed E-state index contributed by atoms with van der Waals surface area (Å²) in [7, 11) is 1.85. The van der Waals surface area contributed by atoms with E-state index in [0.717, 1.165) is 17.0 Å². The minimum absolute atomic E-state index is 0.0863. The average Bonchev–Trinajstić information content (AvgIpc) is 2.43. The minimum Gasteiger partial charge on any atom is -0.327 e. The summed E-state index contributed by atoms with van der Waals surface area (Å²) in [6.45, 7) is 3.84. The Balaban J connectivity index is 2.47. The maximum absolute atomic E-state index is 12.0. The first kappa shape index (κ1) is 15.0. The van der Waals surface area contributed by atoms with E-state index >= 15 is 0 Å². The minimum atomic E-state index is -4.08. The predicted octanol–water partition coefficient (Wildman–Crippen LogP) is 2.64. The predicted molar refractivity (Wildman–Crippen MR) is 64.3 cm³/mol. The summed E-state index contributed by atoms with van der Waals surface area (Å²) in [5, 5.41) is 4.26. The van der Waals surface area contributed by atoms with Crippen LogP contribution in [0.3, 0.4) is 0 Å². The van der Waals surface area contributed by atoms with Crippen LogP contribution >= 0.6 is 0 Å². The van der Waals surface area contributed by atoms with E-state index in [1.807, 2.05) is 20.9 Å². The highest BCUT2D eigenvalue weighted by atomic mass is 19.4. The van der Waals surface area contributed by atoms with Gasteiger partial charge in [0.2, 0.25) is 0 Å². The van der Waals surface area contributed by atoms with Gasteiger partial charge in [-0.2, -0.15) is 18.3 Å². The van der Waals surface area contributed by atoms with Crippen LogP contribution in [0.4, 0.5) is 13.2 Å². The van der Waals surface area contributed by atoms with Crippen LogP contribution in [-0.4, -0.2) is 22.0 Å². The van der Waals surface area contributed by atoms with Crippen LogP contribution in [0.2, 0.25) is 0 Å². The number of nitrogens with two attached hydrogens (primary N) is 1. The molecule has 1 atom stereocenters. The molecule has 0 saturated heterocycles. The third kappa shape index (κ3) is 4.33. The van der Waals surface area contributed by atoms with Crippen LogP contribution in [0.25, 0.3) is 0 Å². The number of hydrogen-bond donors (Lipinski definition) is 1. The second kappa shape index (κ2) is 5.73. The van der Waals surface area contributed by atoms with Crippen molar-refractivity contribution < 1.29 is 13.2 Å². The van der Waals surface area contributed by atoms with E-state index in [-0.39, 0.29) is 12.5 Å². The Morgan fingerprint density at radius 1 is 1.33 bits per heavy atom. The smallest absolute Gasteiger partial charge is 0.327 e. The van der Waals surface area contributed by atoms with Gasteiger partial charge >= 0.3 is 6.18 Å². The van der Waals surface area contributed by atoms with Crippen LogP contribution in [0.1, 0.15) is 36.2 Å². The lowest BCUT2D eigenvalue weighted by atomic mass is 10.0. The van der Waals surface area contributed by atoms with E-state index in [1.54, 1.807) is 4.68 Å². The highest BCUT2D eigenvalue weighted by Crippen LogP contribution is 2.23. The summed E-state index contributed by atoms with van der Waals surface area (Å²) in [6.07, 6.45) is -3.79. The number of hydrogen-bond acceptors (Lipinski definition) is 2. The van der Waals surface area contributed by atoms with Crippen molar-refractivity contribution in [1.82, 2.24) is 9.78 Å². The molecule has 0 bridgehead atoms. The van der Waals surface area contributed by atoms with Gasteiger partial charge in [-0.15, -0.1) is 0 Å². The van der Waals surface area contributed by atoms with Crippen molar-refractivity contribution in [3.05, 3.63) is 17.0 Å². The van der Waals surface area contributed by atoms with Gasteiger partial charge in [0, 0.05) is 25.2 Å². The second-order valence-corrected chi connectivity index (χ2v) is 4.74. The van der Waals surface area contributed by atoms with Gasteiger partial charge in [0.05, 0.1) is 5.69 Å². The molecule has 0 aliphatic carbocycles. The lowest BCUT2D eigenvalue weighted by Crippen LogP contribution is -2.24. The highest BCUT2D eigenvalue weighted by molar-refractivity contribution is 5.25. The molecule has 18 heavy (non-hydrogen) atoms. The standard InChI is InChI=1S/C12H20F3N3/c1-8-11(9(2)18(3)17-8)7-10(16)5-4-6-12(13,14)15/h10H,4-7,16H2,1-3H3. The Kier molecular flexibility index (Phi) is 4.78.